The lowest BCUT2D eigenvalue weighted by atomic mass is 9.69. The van der Waals surface area contributed by atoms with Gasteiger partial charge in [-0.3, -0.25) is 4.79 Å². The summed E-state index contributed by atoms with van der Waals surface area (Å²) in [5, 5.41) is 9.85. The fourth-order valence-corrected chi connectivity index (χ4v) is 5.57. The van der Waals surface area contributed by atoms with Crippen LogP contribution >= 0.6 is 0 Å². The molecule has 0 radical (unpaired) electrons. The van der Waals surface area contributed by atoms with Crippen LogP contribution in [-0.2, 0) is 4.79 Å². The van der Waals surface area contributed by atoms with Crippen LogP contribution in [0.15, 0.2) is 18.2 Å². The molecular formula is C21H29NO2. The number of carbonyl (C=O) groups is 1. The summed E-state index contributed by atoms with van der Waals surface area (Å²) in [5.41, 5.74) is 4.14. The minimum atomic E-state index is -0.607. The average Bonchev–Trinajstić information content (AvgIpc) is 2.87. The molecule has 2 saturated carbocycles. The van der Waals surface area contributed by atoms with Gasteiger partial charge in [0.1, 0.15) is 0 Å². The van der Waals surface area contributed by atoms with E-state index in [0.29, 0.717) is 24.2 Å². The summed E-state index contributed by atoms with van der Waals surface area (Å²) >= 11 is 0. The molecule has 1 saturated heterocycles. The molecule has 4 rings (SSSR count). The lowest BCUT2D eigenvalue weighted by molar-refractivity contribution is -0.161. The van der Waals surface area contributed by atoms with Crippen molar-refractivity contribution in [1.82, 2.24) is 4.90 Å². The van der Waals surface area contributed by atoms with Gasteiger partial charge in [0.15, 0.2) is 0 Å². The van der Waals surface area contributed by atoms with Gasteiger partial charge in [0.05, 0.1) is 5.60 Å². The Morgan fingerprint density at radius 3 is 2.38 bits per heavy atom. The van der Waals surface area contributed by atoms with Crippen LogP contribution in [0, 0.1) is 25.2 Å². The van der Waals surface area contributed by atoms with Crippen molar-refractivity contribution in [2.24, 2.45) is 11.3 Å². The monoisotopic (exact) mass is 327 g/mol. The lowest BCUT2D eigenvalue weighted by Gasteiger charge is -2.52. The highest BCUT2D eigenvalue weighted by atomic mass is 16.3. The molecule has 0 bridgehead atoms. The van der Waals surface area contributed by atoms with Gasteiger partial charge >= 0.3 is 0 Å². The third kappa shape index (κ3) is 2.57. The number of nitrogens with zero attached hydrogens (tertiary/aromatic N) is 1. The van der Waals surface area contributed by atoms with Crippen molar-refractivity contribution in [2.75, 3.05) is 13.1 Å². The highest BCUT2D eigenvalue weighted by molar-refractivity contribution is 5.81. The molecule has 1 atom stereocenters. The summed E-state index contributed by atoms with van der Waals surface area (Å²) in [6.07, 6.45) is 5.01. The fourth-order valence-electron chi connectivity index (χ4n) is 5.57. The highest BCUT2D eigenvalue weighted by Crippen LogP contribution is 2.53. The van der Waals surface area contributed by atoms with E-state index in [1.807, 2.05) is 11.8 Å². The van der Waals surface area contributed by atoms with E-state index >= 15 is 0 Å². The molecule has 3 fully saturated rings. The largest absolute Gasteiger partial charge is 0.390 e. The molecule has 2 aliphatic carbocycles. The molecule has 130 valence electrons. The SMILES string of the molecule is Cc1cccc(C)c1[C@@H]1CCC2(C1)CN(C(=O)C1CC(C)(O)C1)C2. The number of aliphatic hydroxyl groups is 1. The highest BCUT2D eigenvalue weighted by Gasteiger charge is 2.53. The standard InChI is InChI=1S/C21H29NO2/c1-14-5-4-6-15(2)18(14)16-7-8-21(11-16)12-22(13-21)19(23)17-9-20(3,24)10-17/h4-6,16-17,24H,7-13H2,1-3H3/t16-,17?,20?/m1/s1. The molecule has 1 aliphatic heterocycles. The first-order chi connectivity index (χ1) is 11.3. The van der Waals surface area contributed by atoms with E-state index in [2.05, 4.69) is 32.0 Å². The molecule has 3 nitrogen and oxygen atoms in total. The van der Waals surface area contributed by atoms with Gasteiger partial charge < -0.3 is 10.0 Å². The van der Waals surface area contributed by atoms with Gasteiger partial charge in [0, 0.05) is 24.4 Å². The number of likely N-dealkylation sites (tertiary alicyclic amines) is 1. The van der Waals surface area contributed by atoms with Crippen LogP contribution < -0.4 is 0 Å². The Balaban J connectivity index is 1.38. The van der Waals surface area contributed by atoms with Crippen LogP contribution in [0.3, 0.4) is 0 Å². The molecular weight excluding hydrogens is 298 g/mol. The second-order valence-corrected chi connectivity index (χ2v) is 9.04. The topological polar surface area (TPSA) is 40.5 Å². The fraction of sp³-hybridized carbons (Fsp3) is 0.667. The van der Waals surface area contributed by atoms with E-state index < -0.39 is 5.60 Å². The maximum absolute atomic E-state index is 12.5. The summed E-state index contributed by atoms with van der Waals surface area (Å²) < 4.78 is 0. The van der Waals surface area contributed by atoms with Crippen molar-refractivity contribution < 1.29 is 9.90 Å². The zero-order chi connectivity index (χ0) is 17.1. The number of hydrogen-bond acceptors (Lipinski definition) is 2. The van der Waals surface area contributed by atoms with E-state index in [9.17, 15) is 9.90 Å². The van der Waals surface area contributed by atoms with Crippen LogP contribution in [0.2, 0.25) is 0 Å². The van der Waals surface area contributed by atoms with E-state index in [1.54, 1.807) is 5.56 Å². The Kier molecular flexibility index (Phi) is 3.58. The van der Waals surface area contributed by atoms with Crippen LogP contribution in [0.4, 0.5) is 0 Å². The maximum atomic E-state index is 12.5. The predicted molar refractivity (Wildman–Crippen MR) is 94.9 cm³/mol. The van der Waals surface area contributed by atoms with Crippen LogP contribution in [0.25, 0.3) is 0 Å². The minimum absolute atomic E-state index is 0.0631. The van der Waals surface area contributed by atoms with E-state index in [-0.39, 0.29) is 11.8 Å². The molecule has 0 aromatic heterocycles. The van der Waals surface area contributed by atoms with E-state index in [0.717, 1.165) is 13.1 Å². The van der Waals surface area contributed by atoms with Gasteiger partial charge in [-0.1, -0.05) is 18.2 Å². The third-order valence-corrected chi connectivity index (χ3v) is 6.74. The second-order valence-electron chi connectivity index (χ2n) is 9.04. The molecule has 1 spiro atoms. The summed E-state index contributed by atoms with van der Waals surface area (Å²) in [7, 11) is 0. The third-order valence-electron chi connectivity index (χ3n) is 6.74. The molecule has 1 aromatic carbocycles. The van der Waals surface area contributed by atoms with E-state index in [4.69, 9.17) is 0 Å². The van der Waals surface area contributed by atoms with Crippen LogP contribution in [0.1, 0.15) is 61.6 Å². The van der Waals surface area contributed by atoms with Crippen LogP contribution in [-0.4, -0.2) is 34.6 Å². The van der Waals surface area contributed by atoms with Gasteiger partial charge in [-0.2, -0.15) is 0 Å². The first-order valence-electron chi connectivity index (χ1n) is 9.36. The summed E-state index contributed by atoms with van der Waals surface area (Å²) in [6, 6.07) is 6.61. The van der Waals surface area contributed by atoms with Gasteiger partial charge in [0.25, 0.3) is 0 Å². The number of rotatable bonds is 2. The Hall–Kier alpha value is -1.35. The number of hydrogen-bond donors (Lipinski definition) is 1. The van der Waals surface area contributed by atoms with Gasteiger partial charge in [-0.25, -0.2) is 0 Å². The zero-order valence-corrected chi connectivity index (χ0v) is 15.1. The number of carbonyl (C=O) groups excluding carboxylic acids is 1. The summed E-state index contributed by atoms with van der Waals surface area (Å²) in [4.78, 5) is 14.6. The van der Waals surface area contributed by atoms with Crippen molar-refractivity contribution >= 4 is 5.91 Å². The molecule has 1 heterocycles. The first-order valence-corrected chi connectivity index (χ1v) is 9.36. The van der Waals surface area contributed by atoms with Crippen molar-refractivity contribution in [3.63, 3.8) is 0 Å². The Labute approximate surface area is 145 Å². The zero-order valence-electron chi connectivity index (χ0n) is 15.1. The van der Waals surface area contributed by atoms with Crippen molar-refractivity contribution in [1.29, 1.82) is 0 Å². The molecule has 1 N–H and O–H groups in total. The molecule has 0 unspecified atom stereocenters. The maximum Gasteiger partial charge on any atom is 0.225 e. The first kappa shape index (κ1) is 16.1. The Morgan fingerprint density at radius 1 is 1.17 bits per heavy atom. The average molecular weight is 327 g/mol. The number of benzene rings is 1. The predicted octanol–water partition coefficient (Wildman–Crippen LogP) is 3.56. The minimum Gasteiger partial charge on any atom is -0.390 e. The molecule has 1 amide bonds. The van der Waals surface area contributed by atoms with Crippen molar-refractivity contribution in [3.8, 4) is 0 Å². The Bertz CT molecular complexity index is 644. The summed E-state index contributed by atoms with van der Waals surface area (Å²) in [5.74, 6) is 1.00. The number of aryl methyl sites for hydroxylation is 2. The second kappa shape index (κ2) is 5.32. The van der Waals surface area contributed by atoms with Crippen LogP contribution in [0.5, 0.6) is 0 Å². The quantitative estimate of drug-likeness (QED) is 0.902. The molecule has 3 aliphatic rings. The lowest BCUT2D eigenvalue weighted by Crippen LogP contribution is -2.61. The van der Waals surface area contributed by atoms with E-state index in [1.165, 1.54) is 30.4 Å². The summed E-state index contributed by atoms with van der Waals surface area (Å²) in [6.45, 7) is 8.16. The van der Waals surface area contributed by atoms with Crippen molar-refractivity contribution in [2.45, 2.75) is 64.4 Å². The smallest absolute Gasteiger partial charge is 0.225 e. The molecule has 3 heteroatoms. The number of amides is 1. The van der Waals surface area contributed by atoms with Gasteiger partial charge in [-0.05, 0) is 75.5 Å². The van der Waals surface area contributed by atoms with Gasteiger partial charge in [-0.15, -0.1) is 0 Å². The molecule has 24 heavy (non-hydrogen) atoms. The normalized spacial score (nSPS) is 34.1. The Morgan fingerprint density at radius 2 is 1.79 bits per heavy atom. The molecule has 1 aromatic rings. The van der Waals surface area contributed by atoms with Crippen molar-refractivity contribution in [3.05, 3.63) is 34.9 Å². The van der Waals surface area contributed by atoms with Gasteiger partial charge in [0.2, 0.25) is 5.91 Å².